The fourth-order valence-electron chi connectivity index (χ4n) is 5.45. The number of esters is 1. The molecule has 1 saturated carbocycles. The second-order valence-electron chi connectivity index (χ2n) is 8.53. The van der Waals surface area contributed by atoms with Crippen LogP contribution in [-0.4, -0.2) is 73.7 Å². The van der Waals surface area contributed by atoms with Crippen LogP contribution in [0.1, 0.15) is 43.0 Å². The summed E-state index contributed by atoms with van der Waals surface area (Å²) in [5.74, 6) is 0.169. The van der Waals surface area contributed by atoms with E-state index >= 15 is 0 Å². The van der Waals surface area contributed by atoms with Gasteiger partial charge >= 0.3 is 5.97 Å². The van der Waals surface area contributed by atoms with Crippen molar-refractivity contribution in [2.75, 3.05) is 46.0 Å². The lowest BCUT2D eigenvalue weighted by Gasteiger charge is -2.52. The molecule has 0 bridgehead atoms. The fourth-order valence-corrected chi connectivity index (χ4v) is 5.45. The number of amides is 1. The second kappa shape index (κ2) is 8.84. The lowest BCUT2D eigenvalue weighted by Crippen LogP contribution is -2.59. The van der Waals surface area contributed by atoms with Crippen LogP contribution in [0.3, 0.4) is 0 Å². The standard InChI is InChI=1S/C23H32N2O4/c1-2-29-22(27)23-10-8-20(24-12-14-28-15-13-24)16-19(23)9-11-25(17-23)21(26)18-6-4-3-5-7-18/h3-7,19-20H,2,8-17H2,1H3/t19-,20?,23-/m1/s1. The van der Waals surface area contributed by atoms with Crippen molar-refractivity contribution in [3.8, 4) is 0 Å². The fraction of sp³-hybridized carbons (Fsp3) is 0.652. The topological polar surface area (TPSA) is 59.1 Å². The number of hydrogen-bond acceptors (Lipinski definition) is 5. The molecule has 1 aliphatic carbocycles. The van der Waals surface area contributed by atoms with E-state index in [0.717, 1.165) is 52.0 Å². The Balaban J connectivity index is 1.53. The summed E-state index contributed by atoms with van der Waals surface area (Å²) in [7, 11) is 0. The summed E-state index contributed by atoms with van der Waals surface area (Å²) in [6.07, 6.45) is 3.63. The summed E-state index contributed by atoms with van der Waals surface area (Å²) in [4.78, 5) is 30.6. The summed E-state index contributed by atoms with van der Waals surface area (Å²) >= 11 is 0. The van der Waals surface area contributed by atoms with Gasteiger partial charge in [-0.05, 0) is 50.7 Å². The van der Waals surface area contributed by atoms with E-state index in [9.17, 15) is 9.59 Å². The molecule has 1 aromatic carbocycles. The van der Waals surface area contributed by atoms with Gasteiger partial charge in [-0.1, -0.05) is 18.2 Å². The van der Waals surface area contributed by atoms with Crippen LogP contribution >= 0.6 is 0 Å². The number of benzene rings is 1. The third-order valence-corrected chi connectivity index (χ3v) is 7.03. The van der Waals surface area contributed by atoms with Gasteiger partial charge < -0.3 is 14.4 Å². The Morgan fingerprint density at radius 1 is 1.14 bits per heavy atom. The predicted octanol–water partition coefficient (Wildman–Crippen LogP) is 2.58. The first-order valence-corrected chi connectivity index (χ1v) is 11.0. The number of ether oxygens (including phenoxy) is 2. The molecule has 2 saturated heterocycles. The maximum Gasteiger partial charge on any atom is 0.314 e. The molecule has 158 valence electrons. The molecule has 2 aliphatic heterocycles. The van der Waals surface area contributed by atoms with E-state index < -0.39 is 5.41 Å². The Morgan fingerprint density at radius 3 is 2.62 bits per heavy atom. The van der Waals surface area contributed by atoms with Crippen molar-refractivity contribution in [2.45, 2.75) is 38.6 Å². The second-order valence-corrected chi connectivity index (χ2v) is 8.53. The molecule has 3 aliphatic rings. The van der Waals surface area contributed by atoms with Crippen LogP contribution in [0.25, 0.3) is 0 Å². The van der Waals surface area contributed by atoms with Gasteiger partial charge in [0.05, 0.1) is 25.2 Å². The third-order valence-electron chi connectivity index (χ3n) is 7.03. The maximum absolute atomic E-state index is 13.1. The highest BCUT2D eigenvalue weighted by Gasteiger charge is 2.54. The lowest BCUT2D eigenvalue weighted by molar-refractivity contribution is -0.168. The highest BCUT2D eigenvalue weighted by atomic mass is 16.5. The number of rotatable bonds is 4. The lowest BCUT2D eigenvalue weighted by atomic mass is 9.61. The van der Waals surface area contributed by atoms with E-state index in [1.165, 1.54) is 0 Å². The molecule has 29 heavy (non-hydrogen) atoms. The van der Waals surface area contributed by atoms with Gasteiger partial charge in [0.1, 0.15) is 0 Å². The van der Waals surface area contributed by atoms with Gasteiger partial charge in [-0.2, -0.15) is 0 Å². The molecule has 1 amide bonds. The zero-order valence-electron chi connectivity index (χ0n) is 17.3. The van der Waals surface area contributed by atoms with Crippen LogP contribution in [0.4, 0.5) is 0 Å². The number of piperidine rings is 1. The monoisotopic (exact) mass is 400 g/mol. The van der Waals surface area contributed by atoms with Crippen molar-refractivity contribution >= 4 is 11.9 Å². The summed E-state index contributed by atoms with van der Waals surface area (Å²) in [6, 6.07) is 9.88. The maximum atomic E-state index is 13.1. The molecule has 4 rings (SSSR count). The molecule has 6 heteroatoms. The molecule has 6 nitrogen and oxygen atoms in total. The number of fused-ring (bicyclic) bond motifs is 1. The van der Waals surface area contributed by atoms with Crippen molar-refractivity contribution in [3.05, 3.63) is 35.9 Å². The van der Waals surface area contributed by atoms with E-state index in [2.05, 4.69) is 4.90 Å². The molecule has 0 spiro atoms. The van der Waals surface area contributed by atoms with Crippen molar-refractivity contribution in [3.63, 3.8) is 0 Å². The number of morpholine rings is 1. The van der Waals surface area contributed by atoms with Crippen molar-refractivity contribution in [2.24, 2.45) is 11.3 Å². The van der Waals surface area contributed by atoms with Crippen LogP contribution in [-0.2, 0) is 14.3 Å². The van der Waals surface area contributed by atoms with E-state index in [4.69, 9.17) is 9.47 Å². The molecule has 0 aromatic heterocycles. The normalized spacial score (nSPS) is 30.4. The molecule has 3 atom stereocenters. The largest absolute Gasteiger partial charge is 0.466 e. The molecule has 1 aromatic rings. The van der Waals surface area contributed by atoms with Crippen LogP contribution in [0.15, 0.2) is 30.3 Å². The smallest absolute Gasteiger partial charge is 0.314 e. The Morgan fingerprint density at radius 2 is 1.90 bits per heavy atom. The van der Waals surface area contributed by atoms with Crippen LogP contribution in [0.2, 0.25) is 0 Å². The number of likely N-dealkylation sites (tertiary alicyclic amines) is 1. The van der Waals surface area contributed by atoms with Crippen molar-refractivity contribution in [1.82, 2.24) is 9.80 Å². The Bertz CT molecular complexity index is 719. The molecule has 0 N–H and O–H groups in total. The number of carbonyl (C=O) groups is 2. The van der Waals surface area contributed by atoms with E-state index in [0.29, 0.717) is 31.3 Å². The third kappa shape index (κ3) is 4.05. The molecular formula is C23H32N2O4. The first-order chi connectivity index (χ1) is 14.1. The van der Waals surface area contributed by atoms with Gasteiger partial charge in [0.25, 0.3) is 5.91 Å². The minimum absolute atomic E-state index is 0.0167. The average Bonchev–Trinajstić information content (AvgIpc) is 2.79. The summed E-state index contributed by atoms with van der Waals surface area (Å²) < 4.78 is 11.1. The average molecular weight is 401 g/mol. The minimum Gasteiger partial charge on any atom is -0.466 e. The quantitative estimate of drug-likeness (QED) is 0.727. The van der Waals surface area contributed by atoms with Crippen molar-refractivity contribution < 1.29 is 19.1 Å². The Labute approximate surface area is 173 Å². The van der Waals surface area contributed by atoms with E-state index in [1.54, 1.807) is 0 Å². The molecule has 0 radical (unpaired) electrons. The number of carbonyl (C=O) groups excluding carboxylic acids is 2. The molecule has 2 heterocycles. The van der Waals surface area contributed by atoms with Crippen molar-refractivity contribution in [1.29, 1.82) is 0 Å². The highest BCUT2D eigenvalue weighted by molar-refractivity contribution is 5.94. The summed E-state index contributed by atoms with van der Waals surface area (Å²) in [5, 5.41) is 0. The van der Waals surface area contributed by atoms with Gasteiger partial charge in [-0.3, -0.25) is 14.5 Å². The van der Waals surface area contributed by atoms with Gasteiger partial charge in [-0.25, -0.2) is 0 Å². The van der Waals surface area contributed by atoms with Crippen LogP contribution in [0.5, 0.6) is 0 Å². The Hall–Kier alpha value is -1.92. The van der Waals surface area contributed by atoms with Crippen LogP contribution < -0.4 is 0 Å². The Kier molecular flexibility index (Phi) is 6.20. The SMILES string of the molecule is CCOC(=O)[C@@]12CCC(N3CCOCC3)C[C@H]1CCN(C(=O)c1ccccc1)C2. The zero-order chi connectivity index (χ0) is 20.3. The highest BCUT2D eigenvalue weighted by Crippen LogP contribution is 2.48. The van der Waals surface area contributed by atoms with Gasteiger partial charge in [0.2, 0.25) is 0 Å². The first kappa shape index (κ1) is 20.4. The van der Waals surface area contributed by atoms with Gasteiger partial charge in [0.15, 0.2) is 0 Å². The predicted molar refractivity (Wildman–Crippen MR) is 110 cm³/mol. The van der Waals surface area contributed by atoms with E-state index in [1.807, 2.05) is 42.2 Å². The molecule has 1 unspecified atom stereocenters. The minimum atomic E-state index is -0.568. The molecule has 3 fully saturated rings. The number of hydrogen-bond donors (Lipinski definition) is 0. The van der Waals surface area contributed by atoms with E-state index in [-0.39, 0.29) is 17.8 Å². The van der Waals surface area contributed by atoms with Crippen LogP contribution in [0, 0.1) is 11.3 Å². The van der Waals surface area contributed by atoms with Gasteiger partial charge in [-0.15, -0.1) is 0 Å². The summed E-state index contributed by atoms with van der Waals surface area (Å²) in [6.45, 7) is 6.96. The van der Waals surface area contributed by atoms with Gasteiger partial charge in [0, 0.05) is 37.8 Å². The zero-order valence-corrected chi connectivity index (χ0v) is 17.3. The first-order valence-electron chi connectivity index (χ1n) is 11.0. The molecular weight excluding hydrogens is 368 g/mol. The summed E-state index contributed by atoms with van der Waals surface area (Å²) in [5.41, 5.74) is 0.119. The number of nitrogens with zero attached hydrogens (tertiary/aromatic N) is 2.